The molecule has 0 aliphatic carbocycles. The molecule has 194 valence electrons. The molecule has 36 heavy (non-hydrogen) atoms. The van der Waals surface area contributed by atoms with Gasteiger partial charge < -0.3 is 4.74 Å². The van der Waals surface area contributed by atoms with Gasteiger partial charge in [-0.1, -0.05) is 103 Å². The number of hydrogen-bond acceptors (Lipinski definition) is 4. The summed E-state index contributed by atoms with van der Waals surface area (Å²) in [7, 11) is 0. The van der Waals surface area contributed by atoms with Gasteiger partial charge in [-0.2, -0.15) is 5.26 Å². The van der Waals surface area contributed by atoms with E-state index in [-0.39, 0.29) is 5.69 Å². The Kier molecular flexibility index (Phi) is 14.7. The predicted molar refractivity (Wildman–Crippen MR) is 149 cm³/mol. The second-order valence-electron chi connectivity index (χ2n) is 9.49. The summed E-state index contributed by atoms with van der Waals surface area (Å²) in [6.45, 7) is 2.99. The maximum atomic E-state index is 10.8. The average Bonchev–Trinajstić information content (AvgIpc) is 2.90. The van der Waals surface area contributed by atoms with E-state index < -0.39 is 4.92 Å². The fourth-order valence-electron chi connectivity index (χ4n) is 4.26. The Hall–Kier alpha value is -3.13. The Bertz CT molecular complexity index is 943. The highest BCUT2D eigenvalue weighted by molar-refractivity contribution is 5.89. The zero-order valence-corrected chi connectivity index (χ0v) is 21.9. The third-order valence-electron chi connectivity index (χ3n) is 6.47. The van der Waals surface area contributed by atoms with Gasteiger partial charge in [0.15, 0.2) is 0 Å². The summed E-state index contributed by atoms with van der Waals surface area (Å²) in [6, 6.07) is 15.9. The topological polar surface area (TPSA) is 76.2 Å². The summed E-state index contributed by atoms with van der Waals surface area (Å²) in [5.41, 5.74) is 2.01. The zero-order chi connectivity index (χ0) is 25.8. The Morgan fingerprint density at radius 3 is 1.78 bits per heavy atom. The van der Waals surface area contributed by atoms with Crippen LogP contribution in [0.3, 0.4) is 0 Å². The molecule has 0 bridgehead atoms. The van der Waals surface area contributed by atoms with Crippen molar-refractivity contribution in [2.45, 2.75) is 96.8 Å². The van der Waals surface area contributed by atoms with Crippen LogP contribution in [0.1, 0.15) is 108 Å². The Balaban J connectivity index is 1.57. The van der Waals surface area contributed by atoms with Crippen LogP contribution in [0.15, 0.2) is 48.5 Å². The average molecular weight is 491 g/mol. The van der Waals surface area contributed by atoms with Crippen LogP contribution in [0.25, 0.3) is 11.6 Å². The molecular formula is C31H42N2O3. The lowest BCUT2D eigenvalue weighted by molar-refractivity contribution is -0.384. The van der Waals surface area contributed by atoms with Gasteiger partial charge in [-0.05, 0) is 47.9 Å². The van der Waals surface area contributed by atoms with Crippen molar-refractivity contribution in [1.82, 2.24) is 0 Å². The third-order valence-corrected chi connectivity index (χ3v) is 6.47. The summed E-state index contributed by atoms with van der Waals surface area (Å²) < 4.78 is 5.87. The first-order chi connectivity index (χ1) is 17.6. The lowest BCUT2D eigenvalue weighted by Crippen LogP contribution is -1.97. The van der Waals surface area contributed by atoms with E-state index >= 15 is 0 Å². The summed E-state index contributed by atoms with van der Waals surface area (Å²) in [4.78, 5) is 10.4. The van der Waals surface area contributed by atoms with Gasteiger partial charge >= 0.3 is 0 Å². The maximum absolute atomic E-state index is 10.8. The SMILES string of the molecule is CCCCCCCCCCCCCCCCOc1ccc(/C=C(\C#N)c2ccc([N+](=O)[O-])cc2)cc1. The number of nitro benzene ring substituents is 1. The van der Waals surface area contributed by atoms with Crippen molar-refractivity contribution in [1.29, 1.82) is 5.26 Å². The minimum Gasteiger partial charge on any atom is -0.494 e. The molecule has 0 aromatic heterocycles. The molecule has 0 heterocycles. The molecule has 0 atom stereocenters. The highest BCUT2D eigenvalue weighted by Crippen LogP contribution is 2.22. The first-order valence-electron chi connectivity index (χ1n) is 13.7. The van der Waals surface area contributed by atoms with Crippen LogP contribution >= 0.6 is 0 Å². The number of allylic oxidation sites excluding steroid dienone is 1. The van der Waals surface area contributed by atoms with Crippen LogP contribution in [0.2, 0.25) is 0 Å². The Labute approximate surface area is 217 Å². The Morgan fingerprint density at radius 1 is 0.806 bits per heavy atom. The molecule has 2 aromatic rings. The van der Waals surface area contributed by atoms with Crippen LogP contribution in [0.4, 0.5) is 5.69 Å². The number of non-ortho nitro benzene ring substituents is 1. The Morgan fingerprint density at radius 2 is 1.31 bits per heavy atom. The minimum atomic E-state index is -0.447. The summed E-state index contributed by atoms with van der Waals surface area (Å²) in [5, 5.41) is 20.3. The second-order valence-corrected chi connectivity index (χ2v) is 9.49. The first-order valence-corrected chi connectivity index (χ1v) is 13.7. The van der Waals surface area contributed by atoms with E-state index in [0.717, 1.165) is 24.3 Å². The van der Waals surface area contributed by atoms with Gasteiger partial charge in [0.05, 0.1) is 23.2 Å². The van der Waals surface area contributed by atoms with Gasteiger partial charge in [-0.15, -0.1) is 0 Å². The van der Waals surface area contributed by atoms with Crippen LogP contribution in [-0.4, -0.2) is 11.5 Å². The second kappa shape index (κ2) is 18.2. The molecule has 0 saturated heterocycles. The number of nitriles is 1. The van der Waals surface area contributed by atoms with E-state index in [1.165, 1.54) is 95.6 Å². The van der Waals surface area contributed by atoms with Gasteiger partial charge in [-0.25, -0.2) is 0 Å². The molecule has 5 nitrogen and oxygen atoms in total. The van der Waals surface area contributed by atoms with Crippen molar-refractivity contribution in [3.8, 4) is 11.8 Å². The number of ether oxygens (including phenoxy) is 1. The van der Waals surface area contributed by atoms with Crippen molar-refractivity contribution in [3.63, 3.8) is 0 Å². The lowest BCUT2D eigenvalue weighted by Gasteiger charge is -2.07. The number of unbranched alkanes of at least 4 members (excludes halogenated alkanes) is 13. The van der Waals surface area contributed by atoms with Crippen molar-refractivity contribution in [3.05, 3.63) is 69.8 Å². The molecule has 0 unspecified atom stereocenters. The molecule has 2 rings (SSSR count). The molecule has 0 saturated carbocycles. The van der Waals surface area contributed by atoms with Crippen molar-refractivity contribution in [2.75, 3.05) is 6.61 Å². The molecule has 0 aliphatic heterocycles. The van der Waals surface area contributed by atoms with E-state index in [1.54, 1.807) is 18.2 Å². The maximum Gasteiger partial charge on any atom is 0.269 e. The summed E-state index contributed by atoms with van der Waals surface area (Å²) in [5.74, 6) is 0.829. The predicted octanol–water partition coefficient (Wildman–Crippen LogP) is 9.52. The quantitative estimate of drug-likeness (QED) is 0.0646. The molecule has 0 aliphatic rings. The van der Waals surface area contributed by atoms with Gasteiger partial charge in [0.2, 0.25) is 0 Å². The largest absolute Gasteiger partial charge is 0.494 e. The van der Waals surface area contributed by atoms with E-state index in [1.807, 2.05) is 24.3 Å². The fourth-order valence-corrected chi connectivity index (χ4v) is 4.26. The minimum absolute atomic E-state index is 0.0105. The van der Waals surface area contributed by atoms with E-state index in [9.17, 15) is 15.4 Å². The number of rotatable bonds is 19. The van der Waals surface area contributed by atoms with Crippen LogP contribution in [-0.2, 0) is 0 Å². The first kappa shape index (κ1) is 29.1. The van der Waals surface area contributed by atoms with Crippen molar-refractivity contribution >= 4 is 17.3 Å². The number of nitro groups is 1. The lowest BCUT2D eigenvalue weighted by atomic mass is 10.0. The molecule has 2 aromatic carbocycles. The molecule has 0 spiro atoms. The standard InChI is InChI=1S/C31H42N2O3/c1-2-3-4-5-6-7-8-9-10-11-12-13-14-15-24-36-31-22-16-27(17-23-31)25-29(26-32)28-18-20-30(21-19-28)33(34)35/h16-23,25H,2-15,24H2,1H3/b29-25+. The van der Waals surface area contributed by atoms with Gasteiger partial charge in [0.25, 0.3) is 5.69 Å². The molecule has 5 heteroatoms. The smallest absolute Gasteiger partial charge is 0.269 e. The summed E-state index contributed by atoms with van der Waals surface area (Å²) >= 11 is 0. The fraction of sp³-hybridized carbons (Fsp3) is 0.516. The van der Waals surface area contributed by atoms with Crippen LogP contribution in [0, 0.1) is 21.4 Å². The van der Waals surface area contributed by atoms with Crippen molar-refractivity contribution in [2.24, 2.45) is 0 Å². The molecule has 0 fully saturated rings. The highest BCUT2D eigenvalue weighted by Gasteiger charge is 2.07. The third kappa shape index (κ3) is 12.0. The molecule has 0 N–H and O–H groups in total. The van der Waals surface area contributed by atoms with Gasteiger partial charge in [0.1, 0.15) is 5.75 Å². The molecule has 0 amide bonds. The highest BCUT2D eigenvalue weighted by atomic mass is 16.6. The van der Waals surface area contributed by atoms with Crippen molar-refractivity contribution < 1.29 is 9.66 Å². The molecule has 0 radical (unpaired) electrons. The molecular weight excluding hydrogens is 448 g/mol. The normalized spacial score (nSPS) is 11.3. The van der Waals surface area contributed by atoms with Gasteiger partial charge in [0, 0.05) is 12.1 Å². The van der Waals surface area contributed by atoms with Crippen LogP contribution < -0.4 is 4.74 Å². The zero-order valence-electron chi connectivity index (χ0n) is 21.9. The van der Waals surface area contributed by atoms with E-state index in [0.29, 0.717) is 11.1 Å². The van der Waals surface area contributed by atoms with E-state index in [4.69, 9.17) is 4.74 Å². The summed E-state index contributed by atoms with van der Waals surface area (Å²) in [6.07, 6.45) is 20.6. The number of hydrogen-bond donors (Lipinski definition) is 0. The van der Waals surface area contributed by atoms with E-state index in [2.05, 4.69) is 13.0 Å². The number of nitrogens with zero attached hydrogens (tertiary/aromatic N) is 2. The van der Waals surface area contributed by atoms with Gasteiger partial charge in [-0.3, -0.25) is 10.1 Å². The monoisotopic (exact) mass is 490 g/mol. The number of benzene rings is 2. The van der Waals surface area contributed by atoms with Crippen LogP contribution in [0.5, 0.6) is 5.75 Å².